The van der Waals surface area contributed by atoms with Crippen LogP contribution in [0, 0.1) is 17.8 Å². The Bertz CT molecular complexity index is 902. The molecule has 1 amide bonds. The first-order chi connectivity index (χ1) is 16.0. The molecule has 2 aliphatic heterocycles. The maximum atomic E-state index is 12.6. The molecular formula is C25H36BrN5O2. The molecule has 2 unspecified atom stereocenters. The standard InChI is InChI=1S/C25H36BrN5O2/c1-18-13-19(2)16-31(15-18)10-4-9-27-25(32)20-7-11-30(12-8-20)17-23-28-24(29-33-23)21-5-3-6-22(26)14-21/h3,5-6,14,18-20H,4,7-13,15-17H2,1-2H3,(H,27,32). The molecule has 2 aromatic rings. The second-order valence-corrected chi connectivity index (χ2v) is 10.8. The van der Waals surface area contributed by atoms with E-state index in [-0.39, 0.29) is 11.8 Å². The van der Waals surface area contributed by atoms with Crippen molar-refractivity contribution in [3.63, 3.8) is 0 Å². The van der Waals surface area contributed by atoms with Crippen molar-refractivity contribution in [2.75, 3.05) is 39.3 Å². The quantitative estimate of drug-likeness (QED) is 0.529. The first-order valence-corrected chi connectivity index (χ1v) is 13.1. The summed E-state index contributed by atoms with van der Waals surface area (Å²) < 4.78 is 6.45. The van der Waals surface area contributed by atoms with Gasteiger partial charge in [0.25, 0.3) is 0 Å². The number of rotatable bonds is 8. The van der Waals surface area contributed by atoms with Gasteiger partial charge in [0.1, 0.15) is 0 Å². The normalized spacial score (nSPS) is 23.0. The molecule has 0 spiro atoms. The number of hydrogen-bond acceptors (Lipinski definition) is 6. The zero-order valence-corrected chi connectivity index (χ0v) is 21.4. The molecule has 8 heteroatoms. The summed E-state index contributed by atoms with van der Waals surface area (Å²) in [5.41, 5.74) is 0.930. The number of nitrogens with one attached hydrogen (secondary N) is 1. The van der Waals surface area contributed by atoms with Crippen molar-refractivity contribution in [1.82, 2.24) is 25.3 Å². The lowest BCUT2D eigenvalue weighted by Gasteiger charge is -2.35. The van der Waals surface area contributed by atoms with Crippen LogP contribution < -0.4 is 5.32 Å². The largest absolute Gasteiger partial charge is 0.356 e. The van der Waals surface area contributed by atoms with Gasteiger partial charge in [-0.2, -0.15) is 4.98 Å². The van der Waals surface area contributed by atoms with Gasteiger partial charge in [0, 0.05) is 35.6 Å². The SMILES string of the molecule is CC1CC(C)CN(CCCNC(=O)C2CCN(Cc3nc(-c4cccc(Br)c4)no3)CC2)C1. The Kier molecular flexibility index (Phi) is 8.55. The van der Waals surface area contributed by atoms with Crippen LogP contribution in [0.25, 0.3) is 11.4 Å². The van der Waals surface area contributed by atoms with Gasteiger partial charge >= 0.3 is 0 Å². The molecule has 1 aromatic carbocycles. The lowest BCUT2D eigenvalue weighted by atomic mass is 9.92. The molecule has 2 atom stereocenters. The Morgan fingerprint density at radius 3 is 2.67 bits per heavy atom. The maximum Gasteiger partial charge on any atom is 0.241 e. The summed E-state index contributed by atoms with van der Waals surface area (Å²) in [6.07, 6.45) is 4.12. The highest BCUT2D eigenvalue weighted by atomic mass is 79.9. The summed E-state index contributed by atoms with van der Waals surface area (Å²) in [6.45, 7) is 11.3. The van der Waals surface area contributed by atoms with Crippen LogP contribution in [0.5, 0.6) is 0 Å². The van der Waals surface area contributed by atoms with Crippen LogP contribution in [0.15, 0.2) is 33.3 Å². The molecule has 0 aliphatic carbocycles. The smallest absolute Gasteiger partial charge is 0.241 e. The topological polar surface area (TPSA) is 74.5 Å². The molecule has 33 heavy (non-hydrogen) atoms. The van der Waals surface area contributed by atoms with Gasteiger partial charge in [0.2, 0.25) is 17.6 Å². The van der Waals surface area contributed by atoms with E-state index in [0.29, 0.717) is 18.3 Å². The van der Waals surface area contributed by atoms with E-state index in [9.17, 15) is 4.79 Å². The molecule has 7 nitrogen and oxygen atoms in total. The second-order valence-electron chi connectivity index (χ2n) is 9.92. The minimum absolute atomic E-state index is 0.108. The number of carbonyl (C=O) groups excluding carboxylic acids is 1. The predicted octanol–water partition coefficient (Wildman–Crippen LogP) is 4.20. The lowest BCUT2D eigenvalue weighted by molar-refractivity contribution is -0.126. The average Bonchev–Trinajstić information content (AvgIpc) is 3.25. The Morgan fingerprint density at radius 1 is 1.18 bits per heavy atom. The Labute approximate surface area is 205 Å². The summed E-state index contributed by atoms with van der Waals surface area (Å²) in [6, 6.07) is 7.88. The van der Waals surface area contributed by atoms with Gasteiger partial charge < -0.3 is 14.7 Å². The predicted molar refractivity (Wildman–Crippen MR) is 132 cm³/mol. The van der Waals surface area contributed by atoms with E-state index in [2.05, 4.69) is 55.0 Å². The second kappa shape index (κ2) is 11.6. The van der Waals surface area contributed by atoms with Gasteiger partial charge in [0.15, 0.2) is 0 Å². The van der Waals surface area contributed by atoms with E-state index >= 15 is 0 Å². The fourth-order valence-corrected chi connectivity index (χ4v) is 5.64. The van der Waals surface area contributed by atoms with Crippen molar-refractivity contribution in [2.24, 2.45) is 17.8 Å². The molecule has 2 aliphatic rings. The van der Waals surface area contributed by atoms with Gasteiger partial charge in [-0.3, -0.25) is 9.69 Å². The fourth-order valence-electron chi connectivity index (χ4n) is 5.24. The van der Waals surface area contributed by atoms with Crippen molar-refractivity contribution in [1.29, 1.82) is 0 Å². The van der Waals surface area contributed by atoms with E-state index in [1.54, 1.807) is 0 Å². The van der Waals surface area contributed by atoms with E-state index in [4.69, 9.17) is 4.52 Å². The third-order valence-corrected chi connectivity index (χ3v) is 7.26. The van der Waals surface area contributed by atoms with E-state index < -0.39 is 0 Å². The molecule has 1 N–H and O–H groups in total. The summed E-state index contributed by atoms with van der Waals surface area (Å²) >= 11 is 3.48. The average molecular weight is 519 g/mol. The highest BCUT2D eigenvalue weighted by molar-refractivity contribution is 9.10. The molecule has 1 aromatic heterocycles. The minimum Gasteiger partial charge on any atom is -0.356 e. The van der Waals surface area contributed by atoms with E-state index in [0.717, 1.165) is 67.3 Å². The molecule has 0 bridgehead atoms. The van der Waals surface area contributed by atoms with Gasteiger partial charge in [-0.25, -0.2) is 0 Å². The Morgan fingerprint density at radius 2 is 1.94 bits per heavy atom. The number of piperidine rings is 2. The number of carbonyl (C=O) groups is 1. The van der Waals surface area contributed by atoms with Gasteiger partial charge in [-0.15, -0.1) is 0 Å². The molecule has 3 heterocycles. The Hall–Kier alpha value is -1.77. The molecular weight excluding hydrogens is 482 g/mol. The van der Waals surface area contributed by atoms with Crippen LogP contribution in [0.3, 0.4) is 0 Å². The molecule has 0 saturated carbocycles. The van der Waals surface area contributed by atoms with Crippen molar-refractivity contribution >= 4 is 21.8 Å². The first kappa shape index (κ1) is 24.4. The molecule has 2 saturated heterocycles. The third kappa shape index (κ3) is 7.11. The number of nitrogens with zero attached hydrogens (tertiary/aromatic N) is 4. The highest BCUT2D eigenvalue weighted by Gasteiger charge is 2.26. The van der Waals surface area contributed by atoms with Gasteiger partial charge in [-0.05, 0) is 69.3 Å². The van der Waals surface area contributed by atoms with Crippen molar-refractivity contribution in [3.8, 4) is 11.4 Å². The van der Waals surface area contributed by atoms with Gasteiger partial charge in [0.05, 0.1) is 6.54 Å². The first-order valence-electron chi connectivity index (χ1n) is 12.3. The third-order valence-electron chi connectivity index (χ3n) is 6.76. The minimum atomic E-state index is 0.108. The van der Waals surface area contributed by atoms with E-state index in [1.165, 1.54) is 19.5 Å². The molecule has 4 rings (SSSR count). The summed E-state index contributed by atoms with van der Waals surface area (Å²) in [7, 11) is 0. The number of amides is 1. The van der Waals surface area contributed by atoms with Crippen molar-refractivity contribution in [3.05, 3.63) is 34.6 Å². The monoisotopic (exact) mass is 517 g/mol. The number of hydrogen-bond donors (Lipinski definition) is 1. The van der Waals surface area contributed by atoms with Crippen LogP contribution in [0.4, 0.5) is 0 Å². The molecule has 0 radical (unpaired) electrons. The maximum absolute atomic E-state index is 12.6. The summed E-state index contributed by atoms with van der Waals surface area (Å²) in [5, 5.41) is 7.29. The van der Waals surface area contributed by atoms with Crippen LogP contribution in [0.2, 0.25) is 0 Å². The van der Waals surface area contributed by atoms with E-state index in [1.807, 2.05) is 24.3 Å². The van der Waals surface area contributed by atoms with Crippen LogP contribution >= 0.6 is 15.9 Å². The highest BCUT2D eigenvalue weighted by Crippen LogP contribution is 2.23. The van der Waals surface area contributed by atoms with Crippen molar-refractivity contribution < 1.29 is 9.32 Å². The number of benzene rings is 1. The zero-order chi connectivity index (χ0) is 23.2. The zero-order valence-electron chi connectivity index (χ0n) is 19.8. The molecule has 2 fully saturated rings. The summed E-state index contributed by atoms with van der Waals surface area (Å²) in [5.74, 6) is 3.12. The van der Waals surface area contributed by atoms with Crippen LogP contribution in [-0.2, 0) is 11.3 Å². The van der Waals surface area contributed by atoms with Crippen molar-refractivity contribution in [2.45, 2.75) is 46.1 Å². The number of aromatic nitrogens is 2. The van der Waals surface area contributed by atoms with Crippen LogP contribution in [-0.4, -0.2) is 65.1 Å². The number of likely N-dealkylation sites (tertiary alicyclic amines) is 2. The fraction of sp³-hybridized carbons (Fsp3) is 0.640. The lowest BCUT2D eigenvalue weighted by Crippen LogP contribution is -2.42. The molecule has 180 valence electrons. The summed E-state index contributed by atoms with van der Waals surface area (Å²) in [4.78, 5) is 22.0. The Balaban J connectivity index is 1.14. The van der Waals surface area contributed by atoms with Crippen LogP contribution in [0.1, 0.15) is 45.4 Å². The number of halogens is 1. The van der Waals surface area contributed by atoms with Gasteiger partial charge in [-0.1, -0.05) is 47.1 Å².